The van der Waals surface area contributed by atoms with E-state index < -0.39 is 0 Å². The average molecular weight is 359 g/mol. The molecule has 0 saturated heterocycles. The highest BCUT2D eigenvalue weighted by Gasteiger charge is 2.19. The van der Waals surface area contributed by atoms with Crippen LogP contribution in [0.15, 0.2) is 24.3 Å². The summed E-state index contributed by atoms with van der Waals surface area (Å²) in [6.07, 6.45) is 0. The molecule has 0 radical (unpaired) electrons. The highest BCUT2D eigenvalue weighted by atomic mass is 32.1. The molecule has 0 unspecified atom stereocenters. The molecule has 4 rings (SSSR count). The van der Waals surface area contributed by atoms with Crippen molar-refractivity contribution in [3.63, 3.8) is 0 Å². The lowest BCUT2D eigenvalue weighted by Crippen LogP contribution is -1.97. The number of aromatic nitrogens is 5. The van der Waals surface area contributed by atoms with E-state index in [9.17, 15) is 4.39 Å². The first-order valence-corrected chi connectivity index (χ1v) is 9.12. The third-order valence-electron chi connectivity index (χ3n) is 3.61. The SMILES string of the molecule is Cc1nc(-c2ccc(F)cc2)sc1-c1nn2c(C(C)C)nnc2s1. The number of rotatable bonds is 3. The fourth-order valence-electron chi connectivity index (χ4n) is 2.39. The second kappa shape index (κ2) is 5.71. The van der Waals surface area contributed by atoms with E-state index in [2.05, 4.69) is 34.1 Å². The number of nitrogens with zero attached hydrogens (tertiary/aromatic N) is 5. The molecule has 0 fully saturated rings. The lowest BCUT2D eigenvalue weighted by molar-refractivity contribution is 0.628. The number of hydrogen-bond acceptors (Lipinski definition) is 6. The van der Waals surface area contributed by atoms with Crippen molar-refractivity contribution < 1.29 is 4.39 Å². The first-order valence-electron chi connectivity index (χ1n) is 7.49. The maximum Gasteiger partial charge on any atom is 0.235 e. The van der Waals surface area contributed by atoms with Gasteiger partial charge in [-0.1, -0.05) is 25.2 Å². The maximum atomic E-state index is 13.1. The van der Waals surface area contributed by atoms with Crippen LogP contribution in [-0.2, 0) is 0 Å². The molecular weight excluding hydrogens is 345 g/mol. The van der Waals surface area contributed by atoms with Crippen LogP contribution in [0.3, 0.4) is 0 Å². The van der Waals surface area contributed by atoms with Crippen LogP contribution >= 0.6 is 22.7 Å². The van der Waals surface area contributed by atoms with Gasteiger partial charge in [0.1, 0.15) is 10.8 Å². The van der Waals surface area contributed by atoms with Gasteiger partial charge in [0.25, 0.3) is 0 Å². The molecule has 0 saturated carbocycles. The molecule has 0 bridgehead atoms. The van der Waals surface area contributed by atoms with Crippen molar-refractivity contribution in [1.29, 1.82) is 0 Å². The fourth-order valence-corrected chi connectivity index (χ4v) is 4.43. The molecule has 0 N–H and O–H groups in total. The van der Waals surface area contributed by atoms with Crippen LogP contribution in [0.25, 0.3) is 25.4 Å². The highest BCUT2D eigenvalue weighted by Crippen LogP contribution is 2.37. The number of fused-ring (bicyclic) bond motifs is 1. The van der Waals surface area contributed by atoms with Crippen molar-refractivity contribution in [2.45, 2.75) is 26.7 Å². The van der Waals surface area contributed by atoms with Gasteiger partial charge in [-0.25, -0.2) is 9.37 Å². The molecule has 24 heavy (non-hydrogen) atoms. The summed E-state index contributed by atoms with van der Waals surface area (Å²) in [5.74, 6) is 0.864. The van der Waals surface area contributed by atoms with Crippen molar-refractivity contribution >= 4 is 27.6 Å². The number of halogens is 1. The lowest BCUT2D eigenvalue weighted by atomic mass is 10.2. The summed E-state index contributed by atoms with van der Waals surface area (Å²) in [6, 6.07) is 6.38. The zero-order valence-corrected chi connectivity index (χ0v) is 15.0. The summed E-state index contributed by atoms with van der Waals surface area (Å²) in [7, 11) is 0. The summed E-state index contributed by atoms with van der Waals surface area (Å²) < 4.78 is 14.9. The van der Waals surface area contributed by atoms with Crippen LogP contribution in [0.5, 0.6) is 0 Å². The quantitative estimate of drug-likeness (QED) is 0.538. The minimum absolute atomic E-state index is 0.248. The smallest absolute Gasteiger partial charge is 0.235 e. The molecular formula is C16H14FN5S2. The van der Waals surface area contributed by atoms with Gasteiger partial charge in [-0.2, -0.15) is 9.61 Å². The van der Waals surface area contributed by atoms with Crippen LogP contribution < -0.4 is 0 Å². The molecule has 122 valence electrons. The molecule has 0 amide bonds. The van der Waals surface area contributed by atoms with Crippen LogP contribution in [0.2, 0.25) is 0 Å². The largest absolute Gasteiger partial charge is 0.241 e. The van der Waals surface area contributed by atoms with E-state index in [1.165, 1.54) is 23.5 Å². The lowest BCUT2D eigenvalue weighted by Gasteiger charge is -1.97. The number of hydrogen-bond donors (Lipinski definition) is 0. The fraction of sp³-hybridized carbons (Fsp3) is 0.250. The monoisotopic (exact) mass is 359 g/mol. The van der Waals surface area contributed by atoms with Crippen LogP contribution in [0, 0.1) is 12.7 Å². The molecule has 3 heterocycles. The Morgan fingerprint density at radius 3 is 2.50 bits per heavy atom. The molecule has 4 aromatic rings. The summed E-state index contributed by atoms with van der Waals surface area (Å²) in [5.41, 5.74) is 1.82. The number of benzene rings is 1. The van der Waals surface area contributed by atoms with Crippen molar-refractivity contribution in [1.82, 2.24) is 24.8 Å². The average Bonchev–Trinajstić information content (AvgIpc) is 3.20. The standard InChI is InChI=1S/C16H14FN5S2/c1-8(2)13-19-20-16-22(13)21-15(24-16)12-9(3)18-14(23-12)10-4-6-11(17)7-5-10/h4-8H,1-3H3. The Bertz CT molecular complexity index is 1010. The van der Waals surface area contributed by atoms with E-state index in [4.69, 9.17) is 0 Å². The van der Waals surface area contributed by atoms with Gasteiger partial charge in [0.05, 0.1) is 10.6 Å². The summed E-state index contributed by atoms with van der Waals surface area (Å²) in [5, 5.41) is 14.8. The Balaban J connectivity index is 1.78. The Morgan fingerprint density at radius 1 is 1.04 bits per heavy atom. The van der Waals surface area contributed by atoms with Crippen LogP contribution in [-0.4, -0.2) is 24.8 Å². The molecule has 5 nitrogen and oxygen atoms in total. The van der Waals surface area contributed by atoms with Gasteiger partial charge in [0.2, 0.25) is 4.96 Å². The summed E-state index contributed by atoms with van der Waals surface area (Å²) in [4.78, 5) is 6.41. The third kappa shape index (κ3) is 2.51. The molecule has 8 heteroatoms. The molecule has 0 aliphatic carbocycles. The molecule has 0 atom stereocenters. The Morgan fingerprint density at radius 2 is 1.79 bits per heavy atom. The van der Waals surface area contributed by atoms with Crippen molar-refractivity contribution in [3.05, 3.63) is 41.6 Å². The van der Waals surface area contributed by atoms with E-state index in [0.717, 1.165) is 36.9 Å². The van der Waals surface area contributed by atoms with Gasteiger partial charge < -0.3 is 0 Å². The minimum atomic E-state index is -0.248. The van der Waals surface area contributed by atoms with E-state index >= 15 is 0 Å². The van der Waals surface area contributed by atoms with Gasteiger partial charge in [0.15, 0.2) is 10.8 Å². The first-order chi connectivity index (χ1) is 11.5. The van der Waals surface area contributed by atoms with Crippen molar-refractivity contribution in [3.8, 4) is 20.5 Å². The van der Waals surface area contributed by atoms with Gasteiger partial charge >= 0.3 is 0 Å². The van der Waals surface area contributed by atoms with Gasteiger partial charge in [-0.15, -0.1) is 21.5 Å². The van der Waals surface area contributed by atoms with E-state index in [1.807, 2.05) is 6.92 Å². The zero-order chi connectivity index (χ0) is 16.8. The molecule has 1 aromatic carbocycles. The zero-order valence-electron chi connectivity index (χ0n) is 13.3. The second-order valence-electron chi connectivity index (χ2n) is 5.75. The Kier molecular flexibility index (Phi) is 3.65. The maximum absolute atomic E-state index is 13.1. The second-order valence-corrected chi connectivity index (χ2v) is 7.71. The normalized spacial score (nSPS) is 11.7. The van der Waals surface area contributed by atoms with Crippen LogP contribution in [0.1, 0.15) is 31.3 Å². The Hall–Kier alpha value is -2.19. The molecule has 0 spiro atoms. The predicted octanol–water partition coefficient (Wildman–Crippen LogP) is 4.55. The first kappa shape index (κ1) is 15.3. The predicted molar refractivity (Wildman–Crippen MR) is 94.0 cm³/mol. The molecule has 0 aliphatic rings. The number of aryl methyl sites for hydroxylation is 1. The van der Waals surface area contributed by atoms with Gasteiger partial charge in [0, 0.05) is 11.5 Å². The van der Waals surface area contributed by atoms with Gasteiger partial charge in [-0.3, -0.25) is 0 Å². The van der Waals surface area contributed by atoms with E-state index in [1.54, 1.807) is 28.0 Å². The summed E-state index contributed by atoms with van der Waals surface area (Å²) >= 11 is 3.06. The molecule has 3 aromatic heterocycles. The van der Waals surface area contributed by atoms with E-state index in [-0.39, 0.29) is 11.7 Å². The number of thiazole rings is 1. The van der Waals surface area contributed by atoms with E-state index in [0.29, 0.717) is 0 Å². The van der Waals surface area contributed by atoms with Gasteiger partial charge in [-0.05, 0) is 31.2 Å². The van der Waals surface area contributed by atoms with Crippen molar-refractivity contribution in [2.24, 2.45) is 0 Å². The topological polar surface area (TPSA) is 56.0 Å². The highest BCUT2D eigenvalue weighted by molar-refractivity contribution is 7.25. The van der Waals surface area contributed by atoms with Crippen LogP contribution in [0.4, 0.5) is 4.39 Å². The third-order valence-corrected chi connectivity index (χ3v) is 5.87. The molecule has 0 aliphatic heterocycles. The van der Waals surface area contributed by atoms with Crippen molar-refractivity contribution in [2.75, 3.05) is 0 Å². The Labute approximate surface area is 145 Å². The summed E-state index contributed by atoms with van der Waals surface area (Å²) in [6.45, 7) is 6.10. The minimum Gasteiger partial charge on any atom is -0.241 e.